The minimum Gasteiger partial charge on any atom is -0.363 e. The van der Waals surface area contributed by atoms with Crippen molar-refractivity contribution in [3.8, 4) is 0 Å². The molecule has 0 saturated carbocycles. The summed E-state index contributed by atoms with van der Waals surface area (Å²) in [6.45, 7) is 3.28. The molecule has 20 heavy (non-hydrogen) atoms. The first-order chi connectivity index (χ1) is 9.52. The Morgan fingerprint density at radius 2 is 2.10 bits per heavy atom. The van der Waals surface area contributed by atoms with Crippen LogP contribution in [0.2, 0.25) is 0 Å². The van der Waals surface area contributed by atoms with E-state index in [-0.39, 0.29) is 11.8 Å². The fraction of sp³-hybridized carbons (Fsp3) is 0.357. The summed E-state index contributed by atoms with van der Waals surface area (Å²) in [6, 6.07) is 9.70. The molecule has 0 unspecified atom stereocenters. The number of rotatable bonds is 4. The highest BCUT2D eigenvalue weighted by Gasteiger charge is 2.28. The van der Waals surface area contributed by atoms with Crippen molar-refractivity contribution in [1.82, 2.24) is 10.2 Å². The molecule has 1 aromatic carbocycles. The maximum absolute atomic E-state index is 11.6. The molecule has 1 aliphatic heterocycles. The SMILES string of the molecule is CCNC(=S)N(Cc1ccccc1)[C@@H]1C=CS(=O)(=O)C1. The van der Waals surface area contributed by atoms with Gasteiger partial charge in [-0.05, 0) is 30.8 Å². The Morgan fingerprint density at radius 3 is 2.65 bits per heavy atom. The normalized spacial score (nSPS) is 19.8. The van der Waals surface area contributed by atoms with Crippen LogP contribution in [-0.2, 0) is 16.4 Å². The van der Waals surface area contributed by atoms with Crippen molar-refractivity contribution < 1.29 is 8.42 Å². The molecular weight excluding hydrogens is 292 g/mol. The third-order valence-electron chi connectivity index (χ3n) is 3.10. The predicted octanol–water partition coefficient (Wildman–Crippen LogP) is 1.69. The molecule has 0 amide bonds. The number of sulfone groups is 1. The average Bonchev–Trinajstić information content (AvgIpc) is 2.77. The van der Waals surface area contributed by atoms with Gasteiger partial charge in [-0.2, -0.15) is 0 Å². The Labute approximate surface area is 125 Å². The second kappa shape index (κ2) is 6.37. The maximum atomic E-state index is 11.6. The van der Waals surface area contributed by atoms with Gasteiger partial charge in [-0.25, -0.2) is 8.42 Å². The first-order valence-electron chi connectivity index (χ1n) is 6.51. The summed E-state index contributed by atoms with van der Waals surface area (Å²) < 4.78 is 23.2. The largest absolute Gasteiger partial charge is 0.363 e. The molecule has 4 nitrogen and oxygen atoms in total. The number of nitrogens with one attached hydrogen (secondary N) is 1. The molecule has 0 saturated heterocycles. The molecule has 0 aromatic heterocycles. The molecule has 1 aliphatic rings. The Morgan fingerprint density at radius 1 is 1.40 bits per heavy atom. The van der Waals surface area contributed by atoms with Gasteiger partial charge in [0.15, 0.2) is 14.9 Å². The number of thiocarbonyl (C=S) groups is 1. The van der Waals surface area contributed by atoms with E-state index in [9.17, 15) is 8.42 Å². The van der Waals surface area contributed by atoms with Crippen molar-refractivity contribution in [1.29, 1.82) is 0 Å². The minimum atomic E-state index is -3.09. The first-order valence-corrected chi connectivity index (χ1v) is 8.63. The molecule has 2 rings (SSSR count). The van der Waals surface area contributed by atoms with Crippen LogP contribution in [0.5, 0.6) is 0 Å². The van der Waals surface area contributed by atoms with E-state index in [0.717, 1.165) is 5.56 Å². The van der Waals surface area contributed by atoms with E-state index in [1.165, 1.54) is 5.41 Å². The third kappa shape index (κ3) is 3.80. The van der Waals surface area contributed by atoms with Crippen LogP contribution in [0, 0.1) is 0 Å². The van der Waals surface area contributed by atoms with Gasteiger partial charge in [-0.15, -0.1) is 0 Å². The summed E-state index contributed by atoms with van der Waals surface area (Å²) >= 11 is 5.37. The van der Waals surface area contributed by atoms with E-state index in [0.29, 0.717) is 18.2 Å². The third-order valence-corrected chi connectivity index (χ3v) is 4.85. The Balaban J connectivity index is 2.18. The van der Waals surface area contributed by atoms with Crippen LogP contribution in [0.3, 0.4) is 0 Å². The van der Waals surface area contributed by atoms with Crippen LogP contribution >= 0.6 is 12.2 Å². The summed E-state index contributed by atoms with van der Waals surface area (Å²) in [5.41, 5.74) is 1.10. The molecule has 0 bridgehead atoms. The van der Waals surface area contributed by atoms with E-state index in [1.807, 2.05) is 42.2 Å². The van der Waals surface area contributed by atoms with Gasteiger partial charge in [0.1, 0.15) is 0 Å². The van der Waals surface area contributed by atoms with Crippen molar-refractivity contribution in [2.75, 3.05) is 12.3 Å². The molecule has 1 N–H and O–H groups in total. The zero-order valence-corrected chi connectivity index (χ0v) is 13.0. The summed E-state index contributed by atoms with van der Waals surface area (Å²) in [7, 11) is -3.09. The van der Waals surface area contributed by atoms with Gasteiger partial charge in [0.2, 0.25) is 0 Å². The average molecular weight is 310 g/mol. The lowest BCUT2D eigenvalue weighted by atomic mass is 10.2. The molecule has 108 valence electrons. The highest BCUT2D eigenvalue weighted by Crippen LogP contribution is 2.17. The number of hydrogen-bond donors (Lipinski definition) is 1. The van der Waals surface area contributed by atoms with Crippen molar-refractivity contribution >= 4 is 27.2 Å². The maximum Gasteiger partial charge on any atom is 0.173 e. The quantitative estimate of drug-likeness (QED) is 0.858. The number of benzene rings is 1. The Hall–Kier alpha value is -1.40. The first kappa shape index (κ1) is 15.0. The summed E-state index contributed by atoms with van der Waals surface area (Å²) in [4.78, 5) is 1.93. The highest BCUT2D eigenvalue weighted by molar-refractivity contribution is 7.94. The zero-order chi connectivity index (χ0) is 14.6. The van der Waals surface area contributed by atoms with Gasteiger partial charge in [-0.1, -0.05) is 30.3 Å². The molecular formula is C14H18N2O2S2. The summed E-state index contributed by atoms with van der Waals surface area (Å²) in [5, 5.41) is 4.97. The van der Waals surface area contributed by atoms with E-state index in [2.05, 4.69) is 5.32 Å². The van der Waals surface area contributed by atoms with E-state index < -0.39 is 9.84 Å². The predicted molar refractivity (Wildman–Crippen MR) is 85.0 cm³/mol. The lowest BCUT2D eigenvalue weighted by Crippen LogP contribution is -2.45. The van der Waals surface area contributed by atoms with Crippen LogP contribution in [0.15, 0.2) is 41.8 Å². The minimum absolute atomic E-state index is 0.0887. The topological polar surface area (TPSA) is 49.4 Å². The van der Waals surface area contributed by atoms with E-state index in [4.69, 9.17) is 12.2 Å². The van der Waals surface area contributed by atoms with Crippen LogP contribution in [-0.4, -0.2) is 36.8 Å². The van der Waals surface area contributed by atoms with Gasteiger partial charge >= 0.3 is 0 Å². The highest BCUT2D eigenvalue weighted by atomic mass is 32.2. The van der Waals surface area contributed by atoms with Gasteiger partial charge in [0, 0.05) is 18.5 Å². The number of hydrogen-bond acceptors (Lipinski definition) is 3. The zero-order valence-electron chi connectivity index (χ0n) is 11.3. The Bertz CT molecular complexity index is 597. The summed E-state index contributed by atoms with van der Waals surface area (Å²) in [6.07, 6.45) is 1.71. The monoisotopic (exact) mass is 310 g/mol. The lowest BCUT2D eigenvalue weighted by Gasteiger charge is -2.30. The standard InChI is InChI=1S/C14H18N2O2S2/c1-2-15-14(19)16(10-12-6-4-3-5-7-12)13-8-9-20(17,18)11-13/h3-9,13H,2,10-11H2,1H3,(H,15,19)/t13-/m1/s1. The lowest BCUT2D eigenvalue weighted by molar-refractivity contribution is 0.369. The van der Waals surface area contributed by atoms with Gasteiger partial charge in [0.25, 0.3) is 0 Å². The van der Waals surface area contributed by atoms with Gasteiger partial charge in [-0.3, -0.25) is 0 Å². The molecule has 0 radical (unpaired) electrons. The molecule has 1 heterocycles. The molecule has 0 aliphatic carbocycles. The fourth-order valence-electron chi connectivity index (χ4n) is 2.13. The van der Waals surface area contributed by atoms with Gasteiger partial charge < -0.3 is 10.2 Å². The molecule has 0 spiro atoms. The van der Waals surface area contributed by atoms with Crippen molar-refractivity contribution in [2.45, 2.75) is 19.5 Å². The van der Waals surface area contributed by atoms with Crippen molar-refractivity contribution in [2.24, 2.45) is 0 Å². The van der Waals surface area contributed by atoms with Crippen LogP contribution in [0.25, 0.3) is 0 Å². The van der Waals surface area contributed by atoms with E-state index >= 15 is 0 Å². The fourth-order valence-corrected chi connectivity index (χ4v) is 3.77. The summed E-state index contributed by atoms with van der Waals surface area (Å²) in [5.74, 6) is 0.0887. The van der Waals surface area contributed by atoms with E-state index in [1.54, 1.807) is 6.08 Å². The number of nitrogens with zero attached hydrogens (tertiary/aromatic N) is 1. The van der Waals surface area contributed by atoms with Crippen LogP contribution in [0.4, 0.5) is 0 Å². The molecule has 1 aromatic rings. The Kier molecular flexibility index (Phi) is 4.77. The van der Waals surface area contributed by atoms with Crippen LogP contribution in [0.1, 0.15) is 12.5 Å². The molecule has 6 heteroatoms. The van der Waals surface area contributed by atoms with Crippen LogP contribution < -0.4 is 5.32 Å². The van der Waals surface area contributed by atoms with Gasteiger partial charge in [0.05, 0.1) is 11.8 Å². The smallest absolute Gasteiger partial charge is 0.173 e. The second-order valence-corrected chi connectivity index (χ2v) is 6.99. The van der Waals surface area contributed by atoms with Crippen molar-refractivity contribution in [3.05, 3.63) is 47.4 Å². The molecule has 0 fully saturated rings. The van der Waals surface area contributed by atoms with Crippen molar-refractivity contribution in [3.63, 3.8) is 0 Å². The molecule has 1 atom stereocenters. The second-order valence-electron chi connectivity index (χ2n) is 4.67.